The van der Waals surface area contributed by atoms with Crippen molar-refractivity contribution in [2.75, 3.05) is 0 Å². The summed E-state index contributed by atoms with van der Waals surface area (Å²) in [6, 6.07) is -0.247. The van der Waals surface area contributed by atoms with Crippen molar-refractivity contribution in [3.8, 4) is 0 Å². The Hall–Kier alpha value is -0.870. The minimum absolute atomic E-state index is 0.247. The Bertz CT molecular complexity index is 247. The highest BCUT2D eigenvalue weighted by Gasteiger charge is 2.19. The summed E-state index contributed by atoms with van der Waals surface area (Å²) in [5, 5.41) is 13.3. The molecule has 1 heterocycles. The third kappa shape index (κ3) is 1.65. The third-order valence-electron chi connectivity index (χ3n) is 1.98. The number of hydrogen-bond donors (Lipinski definition) is 2. The van der Waals surface area contributed by atoms with E-state index in [0.29, 0.717) is 11.3 Å². The Labute approximate surface area is 71.4 Å². The summed E-state index contributed by atoms with van der Waals surface area (Å²) in [4.78, 5) is 0. The molecule has 0 fully saturated rings. The van der Waals surface area contributed by atoms with Crippen LogP contribution >= 0.6 is 0 Å². The van der Waals surface area contributed by atoms with Gasteiger partial charge in [-0.15, -0.1) is 0 Å². The Kier molecular flexibility index (Phi) is 2.83. The van der Waals surface area contributed by atoms with Gasteiger partial charge in [0.25, 0.3) is 0 Å². The van der Waals surface area contributed by atoms with Gasteiger partial charge in [-0.1, -0.05) is 12.1 Å². The van der Waals surface area contributed by atoms with E-state index in [2.05, 4.69) is 5.16 Å². The maximum absolute atomic E-state index is 9.63. The summed E-state index contributed by atoms with van der Waals surface area (Å²) in [5.41, 5.74) is 7.04. The molecule has 0 aromatic carbocycles. The number of aromatic nitrogens is 1. The lowest BCUT2D eigenvalue weighted by Crippen LogP contribution is -2.27. The van der Waals surface area contributed by atoms with Crippen LogP contribution in [0.25, 0.3) is 0 Å². The molecule has 0 bridgehead atoms. The zero-order valence-electron chi connectivity index (χ0n) is 7.32. The van der Waals surface area contributed by atoms with E-state index in [-0.39, 0.29) is 6.04 Å². The first-order chi connectivity index (χ1) is 5.66. The number of rotatable bonds is 3. The molecule has 2 atom stereocenters. The molecule has 0 aliphatic rings. The molecule has 12 heavy (non-hydrogen) atoms. The summed E-state index contributed by atoms with van der Waals surface area (Å²) < 4.78 is 4.70. The van der Waals surface area contributed by atoms with Gasteiger partial charge in [-0.25, -0.2) is 0 Å². The smallest absolute Gasteiger partial charge is 0.129 e. The Morgan fingerprint density at radius 1 is 1.75 bits per heavy atom. The highest BCUT2D eigenvalue weighted by atomic mass is 16.5. The van der Waals surface area contributed by atoms with Gasteiger partial charge in [-0.3, -0.25) is 0 Å². The van der Waals surface area contributed by atoms with Gasteiger partial charge in [0, 0.05) is 11.6 Å². The fraction of sp³-hybridized carbons (Fsp3) is 0.625. The number of aliphatic hydroxyl groups is 1. The van der Waals surface area contributed by atoms with Gasteiger partial charge in [0.2, 0.25) is 0 Å². The van der Waals surface area contributed by atoms with Crippen LogP contribution in [0.5, 0.6) is 0 Å². The topological polar surface area (TPSA) is 72.3 Å². The van der Waals surface area contributed by atoms with Crippen LogP contribution in [0, 0.1) is 6.92 Å². The van der Waals surface area contributed by atoms with Gasteiger partial charge < -0.3 is 15.4 Å². The highest BCUT2D eigenvalue weighted by molar-refractivity contribution is 5.17. The molecular weight excluding hydrogens is 156 g/mol. The van der Waals surface area contributed by atoms with E-state index in [1.54, 1.807) is 6.92 Å². The molecule has 0 spiro atoms. The lowest BCUT2D eigenvalue weighted by molar-refractivity contribution is 0.143. The molecule has 4 heteroatoms. The number of aryl methyl sites for hydroxylation is 1. The molecule has 0 aliphatic carbocycles. The van der Waals surface area contributed by atoms with Crippen LogP contribution < -0.4 is 5.73 Å². The van der Waals surface area contributed by atoms with Crippen molar-refractivity contribution in [2.24, 2.45) is 5.73 Å². The summed E-state index contributed by atoms with van der Waals surface area (Å²) >= 11 is 0. The van der Waals surface area contributed by atoms with E-state index in [1.165, 1.54) is 6.26 Å². The monoisotopic (exact) mass is 170 g/mol. The number of aliphatic hydroxyl groups excluding tert-OH is 1. The molecule has 0 saturated carbocycles. The van der Waals surface area contributed by atoms with Crippen molar-refractivity contribution in [3.05, 3.63) is 17.5 Å². The van der Waals surface area contributed by atoms with Gasteiger partial charge >= 0.3 is 0 Å². The maximum atomic E-state index is 9.63. The molecule has 0 saturated heterocycles. The largest absolute Gasteiger partial charge is 0.387 e. The molecule has 2 unspecified atom stereocenters. The van der Waals surface area contributed by atoms with Gasteiger partial charge in [0.1, 0.15) is 6.26 Å². The van der Waals surface area contributed by atoms with E-state index in [0.717, 1.165) is 6.42 Å². The van der Waals surface area contributed by atoms with Crippen molar-refractivity contribution in [3.63, 3.8) is 0 Å². The number of nitrogens with two attached hydrogens (primary N) is 1. The predicted molar refractivity (Wildman–Crippen MR) is 44.5 cm³/mol. The van der Waals surface area contributed by atoms with E-state index >= 15 is 0 Å². The first-order valence-electron chi connectivity index (χ1n) is 4.01. The molecular formula is C8H14N2O2. The summed E-state index contributed by atoms with van der Waals surface area (Å²) in [6.45, 7) is 3.71. The lowest BCUT2D eigenvalue weighted by atomic mass is 10.0. The van der Waals surface area contributed by atoms with Gasteiger partial charge in [-0.05, 0) is 13.3 Å². The van der Waals surface area contributed by atoms with E-state index in [1.807, 2.05) is 6.92 Å². The summed E-state index contributed by atoms with van der Waals surface area (Å²) in [6.07, 6.45) is 1.50. The molecule has 0 radical (unpaired) electrons. The average molecular weight is 170 g/mol. The second-order valence-electron chi connectivity index (χ2n) is 2.87. The summed E-state index contributed by atoms with van der Waals surface area (Å²) in [7, 11) is 0. The van der Waals surface area contributed by atoms with Crippen LogP contribution in [0.2, 0.25) is 0 Å². The zero-order valence-corrected chi connectivity index (χ0v) is 7.32. The lowest BCUT2D eigenvalue weighted by Gasteiger charge is -2.15. The zero-order chi connectivity index (χ0) is 9.14. The van der Waals surface area contributed by atoms with Crippen molar-refractivity contribution in [1.29, 1.82) is 0 Å². The quantitative estimate of drug-likeness (QED) is 0.702. The Balaban J connectivity index is 2.77. The minimum Gasteiger partial charge on any atom is -0.387 e. The first-order valence-corrected chi connectivity index (χ1v) is 4.01. The van der Waals surface area contributed by atoms with Crippen LogP contribution in [0.4, 0.5) is 0 Å². The number of hydrogen-bond acceptors (Lipinski definition) is 4. The third-order valence-corrected chi connectivity index (χ3v) is 1.98. The predicted octanol–water partition coefficient (Wildman–Crippen LogP) is 0.754. The van der Waals surface area contributed by atoms with Crippen LogP contribution in [0.1, 0.15) is 30.7 Å². The van der Waals surface area contributed by atoms with Gasteiger partial charge in [0.15, 0.2) is 0 Å². The number of nitrogens with zero attached hydrogens (tertiary/aromatic N) is 1. The minimum atomic E-state index is -0.666. The molecule has 4 nitrogen and oxygen atoms in total. The van der Waals surface area contributed by atoms with E-state index in [4.69, 9.17) is 10.3 Å². The standard InChI is InChI=1S/C8H14N2O2/c1-3-7(9)8(11)6-4-12-10-5(6)2/h4,7-8,11H,3,9H2,1-2H3. The van der Waals surface area contributed by atoms with Crippen molar-refractivity contribution in [2.45, 2.75) is 32.4 Å². The molecule has 1 aromatic rings. The van der Waals surface area contributed by atoms with Crippen molar-refractivity contribution >= 4 is 0 Å². The first kappa shape index (κ1) is 9.22. The molecule has 1 rings (SSSR count). The van der Waals surface area contributed by atoms with Crippen LogP contribution in [-0.2, 0) is 0 Å². The molecule has 0 aliphatic heterocycles. The van der Waals surface area contributed by atoms with Gasteiger partial charge in [-0.2, -0.15) is 0 Å². The molecule has 68 valence electrons. The highest BCUT2D eigenvalue weighted by Crippen LogP contribution is 2.19. The maximum Gasteiger partial charge on any atom is 0.129 e. The summed E-state index contributed by atoms with van der Waals surface area (Å²) in [5.74, 6) is 0. The molecule has 3 N–H and O–H groups in total. The Morgan fingerprint density at radius 2 is 2.42 bits per heavy atom. The van der Waals surface area contributed by atoms with Crippen molar-refractivity contribution < 1.29 is 9.63 Å². The normalized spacial score (nSPS) is 16.0. The fourth-order valence-corrected chi connectivity index (χ4v) is 1.04. The van der Waals surface area contributed by atoms with Crippen molar-refractivity contribution in [1.82, 2.24) is 5.16 Å². The van der Waals surface area contributed by atoms with Crippen LogP contribution in [0.3, 0.4) is 0 Å². The fourth-order valence-electron chi connectivity index (χ4n) is 1.04. The van der Waals surface area contributed by atoms with Crippen LogP contribution in [0.15, 0.2) is 10.8 Å². The Morgan fingerprint density at radius 3 is 2.83 bits per heavy atom. The molecule has 0 amide bonds. The van der Waals surface area contributed by atoms with E-state index < -0.39 is 6.10 Å². The van der Waals surface area contributed by atoms with Crippen LogP contribution in [-0.4, -0.2) is 16.3 Å². The van der Waals surface area contributed by atoms with E-state index in [9.17, 15) is 5.11 Å². The SMILES string of the molecule is CCC(N)C(O)c1conc1C. The molecule has 1 aromatic heterocycles. The average Bonchev–Trinajstić information content (AvgIpc) is 2.48. The second kappa shape index (κ2) is 3.69. The second-order valence-corrected chi connectivity index (χ2v) is 2.87. The van der Waals surface area contributed by atoms with Gasteiger partial charge in [0.05, 0.1) is 11.8 Å².